The van der Waals surface area contributed by atoms with Crippen LogP contribution in [0.1, 0.15) is 18.9 Å². The van der Waals surface area contributed by atoms with Crippen molar-refractivity contribution in [3.63, 3.8) is 0 Å². The number of hydrogen-bond acceptors (Lipinski definition) is 8. The summed E-state index contributed by atoms with van der Waals surface area (Å²) in [6.45, 7) is 1.04. The number of carbonyl (C=O) groups is 1. The number of alkyl halides is 1. The highest BCUT2D eigenvalue weighted by Crippen LogP contribution is 2.67. The van der Waals surface area contributed by atoms with Crippen molar-refractivity contribution in [1.82, 2.24) is 14.9 Å². The van der Waals surface area contributed by atoms with Gasteiger partial charge in [-0.15, -0.1) is 5.92 Å². The van der Waals surface area contributed by atoms with Gasteiger partial charge in [-0.25, -0.2) is 23.7 Å². The second-order valence-corrected chi connectivity index (χ2v) is 11.2. The maximum atomic E-state index is 15.4. The van der Waals surface area contributed by atoms with Crippen LogP contribution in [-0.4, -0.2) is 58.1 Å². The van der Waals surface area contributed by atoms with E-state index >= 15 is 4.39 Å². The van der Waals surface area contributed by atoms with Crippen LogP contribution in [0.5, 0.6) is 5.75 Å². The summed E-state index contributed by atoms with van der Waals surface area (Å²) in [5.74, 6) is 5.45. The van der Waals surface area contributed by atoms with E-state index in [0.29, 0.717) is 29.2 Å². The second kappa shape index (κ2) is 10.8. The van der Waals surface area contributed by atoms with E-state index in [4.69, 9.17) is 10.5 Å². The van der Waals surface area contributed by atoms with Gasteiger partial charge in [0.25, 0.3) is 0 Å². The largest absolute Gasteiger partial charge is 0.479 e. The Hall–Kier alpha value is -4.17. The molecule has 1 fully saturated rings. The molecule has 5 rings (SSSR count). The van der Waals surface area contributed by atoms with Gasteiger partial charge in [-0.1, -0.05) is 23.8 Å². The molecule has 0 radical (unpaired) electrons. The summed E-state index contributed by atoms with van der Waals surface area (Å²) in [5, 5.41) is 4.12. The van der Waals surface area contributed by atoms with E-state index in [1.54, 1.807) is 57.7 Å². The number of nitrogens with two attached hydrogens (primary N) is 1. The summed E-state index contributed by atoms with van der Waals surface area (Å²) in [4.78, 5) is 27.0. The number of ether oxygens (including phenoxy) is 1. The molecule has 3 aromatic rings. The van der Waals surface area contributed by atoms with Crippen molar-refractivity contribution in [3.05, 3.63) is 66.3 Å². The van der Waals surface area contributed by atoms with Crippen LogP contribution < -0.4 is 15.8 Å². The maximum Gasteiger partial charge on any atom is 0.245 e. The van der Waals surface area contributed by atoms with E-state index in [1.165, 1.54) is 28.8 Å². The molecule has 1 aliphatic heterocycles. The Bertz CT molecular complexity index is 1600. The van der Waals surface area contributed by atoms with E-state index in [0.717, 1.165) is 5.39 Å². The topological polar surface area (TPSA) is 106 Å². The summed E-state index contributed by atoms with van der Waals surface area (Å²) in [5.41, 5.74) is 5.79. The Kier molecular flexibility index (Phi) is 7.38. The molecule has 1 amide bonds. The maximum absolute atomic E-state index is 15.4. The van der Waals surface area contributed by atoms with Crippen LogP contribution >= 0.6 is 11.8 Å². The number of nitrogens with zero attached hydrogens (tertiary/aromatic N) is 4. The first-order valence-electron chi connectivity index (χ1n) is 12.6. The van der Waals surface area contributed by atoms with E-state index < -0.39 is 22.8 Å². The van der Waals surface area contributed by atoms with Crippen LogP contribution in [-0.2, 0) is 10.3 Å². The Labute approximate surface area is 235 Å². The minimum Gasteiger partial charge on any atom is -0.479 e. The highest BCUT2D eigenvalue weighted by molar-refractivity contribution is 8.15. The van der Waals surface area contributed by atoms with Crippen LogP contribution in [0.25, 0.3) is 10.9 Å². The van der Waals surface area contributed by atoms with Gasteiger partial charge in [0.05, 0.1) is 6.20 Å². The highest BCUT2D eigenvalue weighted by Gasteiger charge is 2.67. The van der Waals surface area contributed by atoms with E-state index in [2.05, 4.69) is 32.1 Å². The van der Waals surface area contributed by atoms with Crippen LogP contribution in [0.3, 0.4) is 0 Å². The number of anilines is 2. The van der Waals surface area contributed by atoms with Gasteiger partial charge in [0.2, 0.25) is 5.91 Å². The zero-order valence-corrected chi connectivity index (χ0v) is 23.1. The number of benzene rings is 1. The molecule has 8 nitrogen and oxygen atoms in total. The number of fused-ring (bicyclic) bond motifs is 2. The van der Waals surface area contributed by atoms with Crippen molar-refractivity contribution in [2.75, 3.05) is 32.7 Å². The lowest BCUT2D eigenvalue weighted by atomic mass is 9.84. The summed E-state index contributed by atoms with van der Waals surface area (Å²) < 4.78 is 35.3. The Balaban J connectivity index is 1.47. The first-order chi connectivity index (χ1) is 19.2. The number of nitrogens with one attached hydrogen (secondary N) is 1. The Morgan fingerprint density at radius 2 is 2.15 bits per heavy atom. The molecule has 1 aromatic carbocycles. The zero-order chi connectivity index (χ0) is 28.5. The van der Waals surface area contributed by atoms with Crippen molar-refractivity contribution < 1.29 is 18.3 Å². The molecule has 3 heterocycles. The fourth-order valence-corrected chi connectivity index (χ4v) is 6.26. The number of rotatable bonds is 8. The molecule has 1 aliphatic carbocycles. The van der Waals surface area contributed by atoms with Crippen LogP contribution in [0.15, 0.2) is 59.9 Å². The monoisotopic (exact) mass is 562 g/mol. The van der Waals surface area contributed by atoms with Crippen molar-refractivity contribution in [2.45, 2.75) is 23.6 Å². The molecule has 3 atom stereocenters. The van der Waals surface area contributed by atoms with Gasteiger partial charge in [0.15, 0.2) is 11.0 Å². The molecule has 0 spiro atoms. The lowest BCUT2D eigenvalue weighted by molar-refractivity contribution is -0.123. The smallest absolute Gasteiger partial charge is 0.245 e. The van der Waals surface area contributed by atoms with Crippen molar-refractivity contribution >= 4 is 45.2 Å². The molecule has 0 unspecified atom stereocenters. The third-order valence-corrected chi connectivity index (χ3v) is 8.31. The summed E-state index contributed by atoms with van der Waals surface area (Å²) >= 11 is 1.28. The number of hydrogen-bond donors (Lipinski definition) is 2. The molecule has 2 aliphatic rings. The fourth-order valence-electron chi connectivity index (χ4n) is 4.93. The van der Waals surface area contributed by atoms with Gasteiger partial charge in [-0.05, 0) is 43.7 Å². The van der Waals surface area contributed by atoms with E-state index in [9.17, 15) is 9.18 Å². The summed E-state index contributed by atoms with van der Waals surface area (Å²) in [6.07, 6.45) is 6.91. The van der Waals surface area contributed by atoms with Crippen LogP contribution in [0.4, 0.5) is 20.3 Å². The average Bonchev–Trinajstić information content (AvgIpc) is 3.67. The van der Waals surface area contributed by atoms with Gasteiger partial charge in [0, 0.05) is 53.7 Å². The Morgan fingerprint density at radius 1 is 1.32 bits per heavy atom. The first-order valence-corrected chi connectivity index (χ1v) is 13.4. The molecule has 40 heavy (non-hydrogen) atoms. The lowest BCUT2D eigenvalue weighted by Crippen LogP contribution is -2.39. The van der Waals surface area contributed by atoms with Crippen molar-refractivity contribution in [2.24, 2.45) is 16.6 Å². The van der Waals surface area contributed by atoms with Crippen molar-refractivity contribution in [1.29, 1.82) is 0 Å². The van der Waals surface area contributed by atoms with Gasteiger partial charge in [0.1, 0.15) is 35.9 Å². The number of amides is 1. The van der Waals surface area contributed by atoms with E-state index in [1.807, 2.05) is 6.07 Å². The molecule has 1 saturated carbocycles. The number of carbonyl (C=O) groups excluding carboxylic acids is 1. The van der Waals surface area contributed by atoms with Gasteiger partial charge < -0.3 is 20.7 Å². The normalized spacial score (nSPS) is 23.1. The number of aromatic nitrogens is 2. The predicted octanol–water partition coefficient (Wildman–Crippen LogP) is 4.54. The minimum absolute atomic E-state index is 0.0865. The van der Waals surface area contributed by atoms with Crippen molar-refractivity contribution in [3.8, 4) is 17.6 Å². The lowest BCUT2D eigenvalue weighted by Gasteiger charge is -2.34. The SMILES string of the molecule is CC#CCOc1cnc2c(Nc3ccc(F)c([C@@]4(CF)N=C(N)S[C@@]5(C=CC(=O)N(C)C)C[C@H]54)c3)nccc2c1. The standard InChI is InChI=1S/C29H28F2N6O2S/c1-4-5-12-39-20-13-18-9-11-33-26(25(18)34-16-20)35-19-6-7-22(31)21(14-19)29(17-30)23-15-28(23,40-27(32)36-29)10-8-24(38)37(2)3/h6-11,13-14,16,23H,12,15,17H2,1-3H3,(H2,32,36)(H,33,35)/t23-,28+,29-/m1/s1. The molecule has 206 valence electrons. The number of halogens is 2. The number of amidine groups is 1. The summed E-state index contributed by atoms with van der Waals surface area (Å²) in [7, 11) is 3.29. The molecule has 0 saturated heterocycles. The second-order valence-electron chi connectivity index (χ2n) is 9.83. The third-order valence-electron chi connectivity index (χ3n) is 7.04. The molecule has 11 heteroatoms. The molecular formula is C29H28F2N6O2S. The Morgan fingerprint density at radius 3 is 2.90 bits per heavy atom. The first kappa shape index (κ1) is 27.4. The zero-order valence-electron chi connectivity index (χ0n) is 22.2. The fraction of sp³-hybridized carbons (Fsp3) is 0.310. The summed E-state index contributed by atoms with van der Waals surface area (Å²) in [6, 6.07) is 8.00. The molecule has 2 aromatic heterocycles. The van der Waals surface area contributed by atoms with Crippen LogP contribution in [0.2, 0.25) is 0 Å². The van der Waals surface area contributed by atoms with Gasteiger partial charge in [-0.3, -0.25) is 4.79 Å². The molecule has 3 N–H and O–H groups in total. The van der Waals surface area contributed by atoms with Gasteiger partial charge in [-0.2, -0.15) is 0 Å². The number of thioether (sulfide) groups is 1. The molecular weight excluding hydrogens is 534 g/mol. The predicted molar refractivity (Wildman–Crippen MR) is 154 cm³/mol. The number of aliphatic imine (C=N–C) groups is 1. The minimum atomic E-state index is -1.53. The number of likely N-dealkylation sites (N-methyl/N-ethyl adjacent to an activating group) is 1. The highest BCUT2D eigenvalue weighted by atomic mass is 32.2. The number of pyridine rings is 2. The molecule has 0 bridgehead atoms. The van der Waals surface area contributed by atoms with Crippen LogP contribution in [0, 0.1) is 23.6 Å². The third kappa shape index (κ3) is 5.07. The quantitative estimate of drug-likeness (QED) is 0.307. The van der Waals surface area contributed by atoms with E-state index in [-0.39, 0.29) is 29.2 Å². The van der Waals surface area contributed by atoms with Gasteiger partial charge >= 0.3 is 0 Å². The average molecular weight is 563 g/mol.